The Hall–Kier alpha value is -2.62. The highest BCUT2D eigenvalue weighted by Gasteiger charge is 2.51. The van der Waals surface area contributed by atoms with Crippen molar-refractivity contribution < 1.29 is 19.4 Å². The quantitative estimate of drug-likeness (QED) is 0.688. The highest BCUT2D eigenvalue weighted by molar-refractivity contribution is 6.09. The van der Waals surface area contributed by atoms with Crippen LogP contribution in [0.2, 0.25) is 0 Å². The van der Waals surface area contributed by atoms with E-state index in [4.69, 9.17) is 9.84 Å². The van der Waals surface area contributed by atoms with Crippen LogP contribution in [0, 0.1) is 23.2 Å². The van der Waals surface area contributed by atoms with Crippen LogP contribution < -0.4 is 4.74 Å². The molecule has 2 aromatic carbocycles. The first-order valence-corrected chi connectivity index (χ1v) is 10.6. The lowest BCUT2D eigenvalue weighted by atomic mass is 9.50. The molecule has 150 valence electrons. The van der Waals surface area contributed by atoms with Crippen molar-refractivity contribution in [3.8, 4) is 5.75 Å². The number of ketones is 1. The number of carboxylic acids is 1. The summed E-state index contributed by atoms with van der Waals surface area (Å²) >= 11 is 0. The van der Waals surface area contributed by atoms with E-state index < -0.39 is 5.97 Å². The molecule has 0 spiro atoms. The Kier molecular flexibility index (Phi) is 4.45. The van der Waals surface area contributed by atoms with Crippen LogP contribution in [0.25, 0.3) is 0 Å². The molecule has 2 aromatic rings. The number of carboxylic acid groups (broad SMARTS) is 1. The van der Waals surface area contributed by atoms with Gasteiger partial charge in [-0.1, -0.05) is 12.1 Å². The van der Waals surface area contributed by atoms with Gasteiger partial charge in [-0.05, 0) is 92.7 Å². The molecule has 0 amide bonds. The minimum absolute atomic E-state index is 0.116. The zero-order chi connectivity index (χ0) is 20.0. The van der Waals surface area contributed by atoms with Gasteiger partial charge in [-0.15, -0.1) is 0 Å². The van der Waals surface area contributed by atoms with E-state index in [1.807, 2.05) is 12.1 Å². The normalized spacial score (nSPS) is 29.6. The number of carbonyl (C=O) groups is 2. The van der Waals surface area contributed by atoms with E-state index in [0.717, 1.165) is 30.1 Å². The van der Waals surface area contributed by atoms with Gasteiger partial charge in [0.15, 0.2) is 5.78 Å². The van der Waals surface area contributed by atoms with Gasteiger partial charge in [-0.25, -0.2) is 4.79 Å². The average molecular weight is 390 g/mol. The Balaban J connectivity index is 1.23. The van der Waals surface area contributed by atoms with E-state index in [1.54, 1.807) is 24.3 Å². The molecule has 0 aliphatic heterocycles. The smallest absolute Gasteiger partial charge is 0.335 e. The van der Waals surface area contributed by atoms with Crippen molar-refractivity contribution in [2.45, 2.75) is 38.5 Å². The van der Waals surface area contributed by atoms with Crippen molar-refractivity contribution >= 4 is 11.8 Å². The first-order chi connectivity index (χ1) is 14.0. The molecule has 1 N–H and O–H groups in total. The van der Waals surface area contributed by atoms with Gasteiger partial charge >= 0.3 is 5.97 Å². The van der Waals surface area contributed by atoms with Crippen LogP contribution >= 0.6 is 0 Å². The summed E-state index contributed by atoms with van der Waals surface area (Å²) in [6.45, 7) is 0.792. The van der Waals surface area contributed by atoms with Crippen molar-refractivity contribution in [1.82, 2.24) is 0 Å². The maximum atomic E-state index is 12.6. The maximum absolute atomic E-state index is 12.6. The van der Waals surface area contributed by atoms with E-state index >= 15 is 0 Å². The molecule has 0 aromatic heterocycles. The van der Waals surface area contributed by atoms with Gasteiger partial charge < -0.3 is 9.84 Å². The zero-order valence-corrected chi connectivity index (χ0v) is 16.5. The molecule has 0 unspecified atom stereocenters. The van der Waals surface area contributed by atoms with Gasteiger partial charge in [0.1, 0.15) is 5.75 Å². The summed E-state index contributed by atoms with van der Waals surface area (Å²) in [7, 11) is 0. The Bertz CT molecular complexity index is 891. The third-order valence-electron chi connectivity index (χ3n) is 7.22. The topological polar surface area (TPSA) is 63.6 Å². The fourth-order valence-corrected chi connectivity index (χ4v) is 6.34. The van der Waals surface area contributed by atoms with E-state index in [2.05, 4.69) is 0 Å². The third-order valence-corrected chi connectivity index (χ3v) is 7.22. The van der Waals surface area contributed by atoms with Gasteiger partial charge in [0.05, 0.1) is 12.2 Å². The lowest BCUT2D eigenvalue weighted by Gasteiger charge is -2.56. The Morgan fingerprint density at radius 1 is 0.793 bits per heavy atom. The minimum atomic E-state index is -0.996. The average Bonchev–Trinajstić information content (AvgIpc) is 2.71. The van der Waals surface area contributed by atoms with Crippen molar-refractivity contribution in [2.24, 2.45) is 23.2 Å². The van der Waals surface area contributed by atoms with Crippen molar-refractivity contribution in [2.75, 3.05) is 6.61 Å². The molecular formula is C25H26O4. The van der Waals surface area contributed by atoms with Crippen LogP contribution in [0.1, 0.15) is 64.8 Å². The second kappa shape index (κ2) is 7.01. The lowest BCUT2D eigenvalue weighted by Crippen LogP contribution is -2.48. The number of ether oxygens (including phenoxy) is 1. The first kappa shape index (κ1) is 18.4. The molecule has 4 nitrogen and oxygen atoms in total. The molecule has 4 heteroatoms. The minimum Gasteiger partial charge on any atom is -0.493 e. The molecule has 0 heterocycles. The highest BCUT2D eigenvalue weighted by atomic mass is 16.5. The number of aromatic carboxylic acids is 1. The van der Waals surface area contributed by atoms with Gasteiger partial charge in [-0.2, -0.15) is 0 Å². The van der Waals surface area contributed by atoms with E-state index in [0.29, 0.717) is 16.5 Å². The summed E-state index contributed by atoms with van der Waals surface area (Å²) in [5, 5.41) is 8.98. The second-order valence-corrected chi connectivity index (χ2v) is 9.44. The SMILES string of the molecule is O=C(O)c1ccc(C(=O)c2ccc(OCC34CC5CC(CC(C5)C3)C4)cc2)cc1. The van der Waals surface area contributed by atoms with E-state index in [-0.39, 0.29) is 11.3 Å². The summed E-state index contributed by atoms with van der Waals surface area (Å²) in [5.41, 5.74) is 1.61. The standard InChI is InChI=1S/C25H26O4/c26-23(19-1-3-21(4-2-19)24(27)28)20-5-7-22(8-6-20)29-15-25-12-16-9-17(13-25)11-18(10-16)14-25/h1-8,16-18H,9-15H2,(H,27,28). The Labute approximate surface area is 170 Å². The van der Waals surface area contributed by atoms with E-state index in [9.17, 15) is 9.59 Å². The summed E-state index contributed by atoms with van der Waals surface area (Å²) in [6, 6.07) is 13.4. The largest absolute Gasteiger partial charge is 0.493 e. The second-order valence-electron chi connectivity index (χ2n) is 9.44. The van der Waals surface area contributed by atoms with Crippen LogP contribution in [0.5, 0.6) is 5.75 Å². The molecule has 29 heavy (non-hydrogen) atoms. The fraction of sp³-hybridized carbons (Fsp3) is 0.440. The number of hydrogen-bond donors (Lipinski definition) is 1. The maximum Gasteiger partial charge on any atom is 0.335 e. The molecule has 4 aliphatic carbocycles. The third kappa shape index (κ3) is 3.57. The molecule has 4 saturated carbocycles. The fourth-order valence-electron chi connectivity index (χ4n) is 6.34. The molecule has 0 atom stereocenters. The summed E-state index contributed by atoms with van der Waals surface area (Å²) in [4.78, 5) is 23.6. The van der Waals surface area contributed by atoms with Crippen molar-refractivity contribution in [3.05, 3.63) is 65.2 Å². The summed E-state index contributed by atoms with van der Waals surface area (Å²) < 4.78 is 6.20. The predicted octanol–water partition coefficient (Wildman–Crippen LogP) is 5.21. The van der Waals surface area contributed by atoms with Gasteiger partial charge in [0.25, 0.3) is 0 Å². The lowest BCUT2D eigenvalue weighted by molar-refractivity contribution is -0.0745. The zero-order valence-electron chi connectivity index (χ0n) is 16.5. The number of hydrogen-bond acceptors (Lipinski definition) is 3. The van der Waals surface area contributed by atoms with Crippen molar-refractivity contribution in [3.63, 3.8) is 0 Å². The monoisotopic (exact) mass is 390 g/mol. The molecule has 6 rings (SSSR count). The molecule has 4 bridgehead atoms. The number of benzene rings is 2. The van der Waals surface area contributed by atoms with Crippen LogP contribution in [0.3, 0.4) is 0 Å². The summed E-state index contributed by atoms with van der Waals surface area (Å²) in [6.07, 6.45) is 8.27. The van der Waals surface area contributed by atoms with Gasteiger partial charge in [-0.3, -0.25) is 4.79 Å². The van der Waals surface area contributed by atoms with Gasteiger partial charge in [0.2, 0.25) is 0 Å². The predicted molar refractivity (Wildman–Crippen MR) is 109 cm³/mol. The van der Waals surface area contributed by atoms with E-state index in [1.165, 1.54) is 50.7 Å². The first-order valence-electron chi connectivity index (χ1n) is 10.6. The van der Waals surface area contributed by atoms with Crippen LogP contribution in [0.4, 0.5) is 0 Å². The highest BCUT2D eigenvalue weighted by Crippen LogP contribution is 2.60. The molecule has 4 fully saturated rings. The molecular weight excluding hydrogens is 364 g/mol. The Morgan fingerprint density at radius 3 is 1.72 bits per heavy atom. The molecule has 0 radical (unpaired) electrons. The molecule has 4 aliphatic rings. The van der Waals surface area contributed by atoms with Crippen molar-refractivity contribution in [1.29, 1.82) is 0 Å². The van der Waals surface area contributed by atoms with Crippen LogP contribution in [0.15, 0.2) is 48.5 Å². The Morgan fingerprint density at radius 2 is 1.24 bits per heavy atom. The van der Waals surface area contributed by atoms with Crippen LogP contribution in [-0.2, 0) is 0 Å². The summed E-state index contributed by atoms with van der Waals surface area (Å²) in [5.74, 6) is 2.45. The van der Waals surface area contributed by atoms with Crippen LogP contribution in [-0.4, -0.2) is 23.5 Å². The van der Waals surface area contributed by atoms with Gasteiger partial charge in [0, 0.05) is 16.5 Å². The molecule has 0 saturated heterocycles. The number of carbonyl (C=O) groups excluding carboxylic acids is 1. The number of rotatable bonds is 6.